The summed E-state index contributed by atoms with van der Waals surface area (Å²) in [5, 5.41) is 0. The summed E-state index contributed by atoms with van der Waals surface area (Å²) in [5.74, 6) is 0. The van der Waals surface area contributed by atoms with Crippen LogP contribution in [0.25, 0.3) is 0 Å². The summed E-state index contributed by atoms with van der Waals surface area (Å²) in [7, 11) is 0. The van der Waals surface area contributed by atoms with Crippen molar-refractivity contribution in [2.75, 3.05) is 0 Å². The number of hydrogen-bond donors (Lipinski definition) is 0. The van der Waals surface area contributed by atoms with Crippen LogP contribution in [-0.4, -0.2) is 0 Å². The third kappa shape index (κ3) is 372. The van der Waals surface area contributed by atoms with E-state index in [1.54, 1.807) is 0 Å². The summed E-state index contributed by atoms with van der Waals surface area (Å²) < 4.78 is 77.2. The van der Waals surface area contributed by atoms with E-state index < -0.39 is 63.2 Å². The molecule has 0 aromatic heterocycles. The van der Waals surface area contributed by atoms with Gasteiger partial charge in [0.05, 0.1) is 0 Å². The van der Waals surface area contributed by atoms with Gasteiger partial charge in [-0.05, 0) is 0 Å². The molecule has 0 aromatic rings. The van der Waals surface area contributed by atoms with Crippen LogP contribution in [0.1, 0.15) is 0 Å². The molecular weight excluding hydrogens is 626 g/mol. The second-order valence-electron chi connectivity index (χ2n) is 0.567. The van der Waals surface area contributed by atoms with Crippen LogP contribution >= 0.6 is 0 Å². The van der Waals surface area contributed by atoms with Crippen molar-refractivity contribution in [3.05, 3.63) is 0 Å². The molecule has 0 fully saturated rings. The SMILES string of the molecule is [O-][I+2]([O-])[O-].[O-][I+2]([O-])[O-].[O-][I+2]([O-])[O-].[Ru+3]. The first-order valence-corrected chi connectivity index (χ1v) is 9.32. The van der Waals surface area contributed by atoms with Gasteiger partial charge >= 0.3 is 19.5 Å². The first-order valence-electron chi connectivity index (χ1n) is 1.39. The largest absolute Gasteiger partial charge is 3.00 e. The molecule has 0 heterocycles. The fourth-order valence-corrected chi connectivity index (χ4v) is 0. The maximum absolute atomic E-state index is 8.57. The molecule has 83 valence electrons. The maximum atomic E-state index is 8.57. The molecule has 0 saturated carbocycles. The molecule has 1 radical (unpaired) electrons. The van der Waals surface area contributed by atoms with Gasteiger partial charge in [0, 0.05) is 0 Å². The molecule has 0 saturated heterocycles. The standard InChI is InChI=1S/3IO3.Ru/c3*2-1(3)4;/q3*-1;+3. The number of halogens is 3. The van der Waals surface area contributed by atoms with Gasteiger partial charge in [-0.3, -0.25) is 0 Å². The molecule has 0 aliphatic rings. The zero-order chi connectivity index (χ0) is 10.7. The van der Waals surface area contributed by atoms with Crippen LogP contribution in [0, 0.1) is 0 Å². The Morgan fingerprint density at radius 1 is 0.385 bits per heavy atom. The van der Waals surface area contributed by atoms with Gasteiger partial charge in [0.1, 0.15) is 0 Å². The summed E-state index contributed by atoms with van der Waals surface area (Å²) >= 11 is -12.0. The second kappa shape index (κ2) is 19.9. The van der Waals surface area contributed by atoms with E-state index in [0.29, 0.717) is 0 Å². The fourth-order valence-electron chi connectivity index (χ4n) is 0. The monoisotopic (exact) mass is 627 g/mol. The van der Waals surface area contributed by atoms with Crippen LogP contribution in [0.15, 0.2) is 0 Å². The average molecular weight is 626 g/mol. The predicted octanol–water partition coefficient (Wildman–Crippen LogP) is -19.7. The molecule has 0 rings (SSSR count). The van der Waals surface area contributed by atoms with Crippen molar-refractivity contribution in [1.29, 1.82) is 0 Å². The summed E-state index contributed by atoms with van der Waals surface area (Å²) in [4.78, 5) is 0. The van der Waals surface area contributed by atoms with Gasteiger partial charge in [0.25, 0.3) is 63.2 Å². The van der Waals surface area contributed by atoms with E-state index in [1.165, 1.54) is 0 Å². The van der Waals surface area contributed by atoms with Crippen molar-refractivity contribution in [2.45, 2.75) is 0 Å². The van der Waals surface area contributed by atoms with E-state index in [-0.39, 0.29) is 19.5 Å². The zero-order valence-corrected chi connectivity index (χ0v) is 13.4. The van der Waals surface area contributed by atoms with E-state index in [1.807, 2.05) is 0 Å². The predicted molar refractivity (Wildman–Crippen MR) is 0 cm³/mol. The van der Waals surface area contributed by atoms with Crippen molar-refractivity contribution < 1.29 is 114 Å². The minimum absolute atomic E-state index is 0. The van der Waals surface area contributed by atoms with Crippen molar-refractivity contribution in [1.82, 2.24) is 0 Å². The Hall–Kier alpha value is 2.45. The van der Waals surface area contributed by atoms with Crippen LogP contribution in [0.2, 0.25) is 0 Å². The molecule has 0 unspecified atom stereocenters. The third-order valence-corrected chi connectivity index (χ3v) is 0. The first kappa shape index (κ1) is 24.6. The number of rotatable bonds is 0. The topological polar surface area (TPSA) is 208 Å². The molecule has 13 heavy (non-hydrogen) atoms. The van der Waals surface area contributed by atoms with E-state index in [9.17, 15) is 0 Å². The molecule has 0 amide bonds. The van der Waals surface area contributed by atoms with E-state index >= 15 is 0 Å². The van der Waals surface area contributed by atoms with Crippen molar-refractivity contribution >= 4 is 0 Å². The molecule has 0 bridgehead atoms. The van der Waals surface area contributed by atoms with Crippen molar-refractivity contribution in [2.24, 2.45) is 0 Å². The van der Waals surface area contributed by atoms with Gasteiger partial charge in [-0.15, -0.1) is 0 Å². The number of hydrogen-bond acceptors (Lipinski definition) is 9. The Morgan fingerprint density at radius 2 is 0.385 bits per heavy atom. The summed E-state index contributed by atoms with van der Waals surface area (Å²) in [6, 6.07) is 0. The third-order valence-electron chi connectivity index (χ3n) is 0. The Balaban J connectivity index is -0.0000000450. The molecular formula is I3O9Ru. The normalized spacial score (nSPS) is 8.31. The summed E-state index contributed by atoms with van der Waals surface area (Å²) in [5.41, 5.74) is 0. The van der Waals surface area contributed by atoms with E-state index in [2.05, 4.69) is 0 Å². The Kier molecular flexibility index (Phi) is 37.7. The van der Waals surface area contributed by atoms with Gasteiger partial charge in [-0.2, -0.15) is 0 Å². The molecule has 0 atom stereocenters. The van der Waals surface area contributed by atoms with Gasteiger partial charge in [0.2, 0.25) is 0 Å². The Bertz CT molecular complexity index is 43.4. The van der Waals surface area contributed by atoms with Gasteiger partial charge in [-0.1, -0.05) is 0 Å². The Labute approximate surface area is 112 Å². The van der Waals surface area contributed by atoms with Gasteiger partial charge in [0.15, 0.2) is 0 Å². The summed E-state index contributed by atoms with van der Waals surface area (Å²) in [6.45, 7) is 0. The molecule has 13 heteroatoms. The van der Waals surface area contributed by atoms with Crippen LogP contribution in [-0.2, 0) is 19.5 Å². The smallest absolute Gasteiger partial charge is 0.427 e. The zero-order valence-electron chi connectivity index (χ0n) is 5.16. The molecule has 0 spiro atoms. The summed E-state index contributed by atoms with van der Waals surface area (Å²) in [6.07, 6.45) is 0. The van der Waals surface area contributed by atoms with Crippen molar-refractivity contribution in [3.63, 3.8) is 0 Å². The second-order valence-corrected chi connectivity index (χ2v) is 3.80. The van der Waals surface area contributed by atoms with Crippen molar-refractivity contribution in [3.8, 4) is 0 Å². The maximum Gasteiger partial charge on any atom is 3.00 e. The van der Waals surface area contributed by atoms with Crippen LogP contribution < -0.4 is 94.1 Å². The Morgan fingerprint density at radius 3 is 0.385 bits per heavy atom. The van der Waals surface area contributed by atoms with Gasteiger partial charge in [-0.25, -0.2) is 0 Å². The van der Waals surface area contributed by atoms with Crippen LogP contribution in [0.3, 0.4) is 0 Å². The molecule has 9 nitrogen and oxygen atoms in total. The molecule has 0 aliphatic carbocycles. The average Bonchev–Trinajstić information content (AvgIpc) is 1.54. The fraction of sp³-hybridized carbons (Fsp3) is 0. The first-order chi connectivity index (χ1) is 5.20. The molecule has 0 aromatic carbocycles. The molecule has 0 aliphatic heterocycles. The molecule has 0 N–H and O–H groups in total. The minimum atomic E-state index is -4.01. The van der Waals surface area contributed by atoms with Crippen LogP contribution in [0.4, 0.5) is 0 Å². The van der Waals surface area contributed by atoms with E-state index in [4.69, 9.17) is 30.9 Å². The van der Waals surface area contributed by atoms with E-state index in [0.717, 1.165) is 0 Å². The van der Waals surface area contributed by atoms with Crippen LogP contribution in [0.5, 0.6) is 0 Å². The quantitative estimate of drug-likeness (QED) is 0.185. The minimum Gasteiger partial charge on any atom is -0.427 e. The van der Waals surface area contributed by atoms with Gasteiger partial charge < -0.3 is 30.9 Å².